The van der Waals surface area contributed by atoms with Gasteiger partial charge in [-0.15, -0.1) is 0 Å². The lowest BCUT2D eigenvalue weighted by Crippen LogP contribution is -2.69. The maximum Gasteiger partial charge on any atom is 0.472 e. The molecule has 0 aromatic rings. The maximum atomic E-state index is 14.3. The number of aliphatic hydroxyl groups excluding tert-OH is 10. The molecular weight excluding hydrogens is 1280 g/mol. The smallest absolute Gasteiger partial charge is 0.463 e. The quantitative estimate of drug-likeness (QED) is 0.00886. The summed E-state index contributed by atoms with van der Waals surface area (Å²) in [5.74, 6) is -2.00. The number of hydrogen-bond donors (Lipinski definition) is 11. The van der Waals surface area contributed by atoms with Gasteiger partial charge in [-0.25, -0.2) is 4.57 Å². The third-order valence-corrected chi connectivity index (χ3v) is 19.4. The van der Waals surface area contributed by atoms with Crippen LogP contribution < -0.4 is 0 Å². The van der Waals surface area contributed by atoms with Crippen molar-refractivity contribution >= 4 is 25.7 Å². The van der Waals surface area contributed by atoms with E-state index in [1.165, 1.54) is 89.9 Å². The van der Waals surface area contributed by atoms with Crippen LogP contribution in [-0.2, 0) is 61.2 Å². The lowest BCUT2D eigenvalue weighted by molar-refractivity contribution is -0.360. The van der Waals surface area contributed by atoms with Gasteiger partial charge in [-0.1, -0.05) is 218 Å². The zero-order valence-corrected chi connectivity index (χ0v) is 60.0. The number of unbranched alkanes of at least 4 members (excludes halogenated alkanes) is 33. The van der Waals surface area contributed by atoms with Gasteiger partial charge in [0.15, 0.2) is 18.7 Å². The van der Waals surface area contributed by atoms with Gasteiger partial charge in [-0.05, 0) is 70.6 Å². The summed E-state index contributed by atoms with van der Waals surface area (Å²) >= 11 is 0. The highest BCUT2D eigenvalue weighted by Gasteiger charge is 2.58. The number of carbonyl (C=O) groups excluding carboxylic acids is 3. The number of rotatable bonds is 58. The Hall–Kier alpha value is -2.56. The fourth-order valence-electron chi connectivity index (χ4n) is 12.3. The summed E-state index contributed by atoms with van der Waals surface area (Å²) in [5.41, 5.74) is 0. The van der Waals surface area contributed by atoms with Gasteiger partial charge in [-0.3, -0.25) is 23.4 Å². The Bertz CT molecular complexity index is 2110. The van der Waals surface area contributed by atoms with Crippen molar-refractivity contribution in [1.82, 2.24) is 0 Å². The number of ether oxygens (including phenoxy) is 7. The van der Waals surface area contributed by atoms with Crippen molar-refractivity contribution in [3.8, 4) is 0 Å². The fourth-order valence-corrected chi connectivity index (χ4v) is 13.2. The minimum Gasteiger partial charge on any atom is -0.463 e. The molecule has 1 aliphatic carbocycles. The van der Waals surface area contributed by atoms with Crippen molar-refractivity contribution in [2.45, 2.75) is 388 Å². The summed E-state index contributed by atoms with van der Waals surface area (Å²) < 4.78 is 65.0. The number of esters is 3. The van der Waals surface area contributed by atoms with Crippen LogP contribution in [0.25, 0.3) is 0 Å². The van der Waals surface area contributed by atoms with Gasteiger partial charge in [0.2, 0.25) is 0 Å². The Morgan fingerprint density at radius 3 is 1.12 bits per heavy atom. The highest BCUT2D eigenvalue weighted by Crippen LogP contribution is 2.49. The van der Waals surface area contributed by atoms with Crippen LogP contribution in [0.4, 0.5) is 0 Å². The SMILES string of the molecule is CCCCCC/C=C\CCCCCCCCCC(=O)OCC(COP(=O)(O)OC1C(OC2OC(CO)C(O)C(O)C2O)C(O)C(O)C(O)C1OC1OC(COC(=O)CCCCCCCCCCCCCC)C(O)C(O)C1O)OC(=O)CCCCCCCCC/C=C\CCCCCC. The van der Waals surface area contributed by atoms with Crippen LogP contribution in [0.3, 0.4) is 0 Å². The molecule has 2 aliphatic heterocycles. The normalized spacial score (nSPS) is 27.9. The molecule has 0 bridgehead atoms. The molecule has 0 spiro atoms. The van der Waals surface area contributed by atoms with Crippen molar-refractivity contribution in [2.75, 3.05) is 26.4 Å². The third-order valence-electron chi connectivity index (χ3n) is 18.5. The van der Waals surface area contributed by atoms with Crippen molar-refractivity contribution in [1.29, 1.82) is 0 Å². The van der Waals surface area contributed by atoms with E-state index in [2.05, 4.69) is 45.1 Å². The van der Waals surface area contributed by atoms with Gasteiger partial charge < -0.3 is 89.1 Å². The van der Waals surface area contributed by atoms with Gasteiger partial charge in [0, 0.05) is 19.3 Å². The van der Waals surface area contributed by atoms with Gasteiger partial charge in [0.05, 0.1) is 13.2 Å². The number of hydrogen-bond acceptors (Lipinski definition) is 23. The van der Waals surface area contributed by atoms with Crippen molar-refractivity contribution in [3.63, 3.8) is 0 Å². The summed E-state index contributed by atoms with van der Waals surface area (Å²) in [5, 5.41) is 110. The first kappa shape index (κ1) is 88.7. The Balaban J connectivity index is 1.74. The van der Waals surface area contributed by atoms with E-state index < -0.39 is 156 Å². The first-order valence-corrected chi connectivity index (χ1v) is 39.1. The molecule has 0 aromatic carbocycles. The second-order valence-corrected chi connectivity index (χ2v) is 28.4. The average molecular weight is 1410 g/mol. The number of phosphoric acid groups is 1. The molecule has 24 nitrogen and oxygen atoms in total. The van der Waals surface area contributed by atoms with Gasteiger partial charge in [0.1, 0.15) is 98.7 Å². The second kappa shape index (κ2) is 54.1. The van der Waals surface area contributed by atoms with Crippen molar-refractivity contribution in [3.05, 3.63) is 24.3 Å². The van der Waals surface area contributed by atoms with E-state index in [0.717, 1.165) is 135 Å². The molecule has 3 fully saturated rings. The molecule has 1 saturated carbocycles. The Morgan fingerprint density at radius 1 is 0.392 bits per heavy atom. The summed E-state index contributed by atoms with van der Waals surface area (Å²) in [6, 6.07) is 0. The van der Waals surface area contributed by atoms with Gasteiger partial charge in [-0.2, -0.15) is 0 Å². The monoisotopic (exact) mass is 1410 g/mol. The van der Waals surface area contributed by atoms with Crippen LogP contribution in [0.1, 0.15) is 284 Å². The van der Waals surface area contributed by atoms with Crippen LogP contribution in [-0.4, -0.2) is 204 Å². The number of allylic oxidation sites excluding steroid dienone is 4. The maximum absolute atomic E-state index is 14.3. The third kappa shape index (κ3) is 37.4. The second-order valence-electron chi connectivity index (χ2n) is 27.0. The van der Waals surface area contributed by atoms with E-state index in [4.69, 9.17) is 42.2 Å². The van der Waals surface area contributed by atoms with E-state index in [1.54, 1.807) is 0 Å². The highest BCUT2D eigenvalue weighted by molar-refractivity contribution is 7.47. The predicted octanol–water partition coefficient (Wildman–Crippen LogP) is 10.1. The summed E-state index contributed by atoms with van der Waals surface area (Å²) in [7, 11) is -5.70. The minimum absolute atomic E-state index is 0.0306. The Labute approximate surface area is 579 Å². The van der Waals surface area contributed by atoms with E-state index >= 15 is 0 Å². The topological polar surface area (TPSA) is 374 Å². The van der Waals surface area contributed by atoms with Crippen LogP contribution in [0.15, 0.2) is 24.3 Å². The summed E-state index contributed by atoms with van der Waals surface area (Å²) in [4.78, 5) is 51.0. The molecule has 3 rings (SSSR count). The molecule has 97 heavy (non-hydrogen) atoms. The molecular formula is C72H131O24P. The average Bonchev–Trinajstić information content (AvgIpc) is 0.763. The van der Waals surface area contributed by atoms with Gasteiger partial charge >= 0.3 is 25.7 Å². The first-order chi connectivity index (χ1) is 46.8. The number of carbonyl (C=O) groups is 3. The molecule has 2 saturated heterocycles. The molecule has 568 valence electrons. The van der Waals surface area contributed by atoms with Crippen LogP contribution >= 0.6 is 7.82 Å². The Kier molecular flexibility index (Phi) is 49.5. The van der Waals surface area contributed by atoms with Gasteiger partial charge in [0.25, 0.3) is 0 Å². The highest BCUT2D eigenvalue weighted by atomic mass is 31.2. The van der Waals surface area contributed by atoms with Crippen LogP contribution in [0, 0.1) is 0 Å². The zero-order chi connectivity index (χ0) is 71.1. The fraction of sp³-hybridized carbons (Fsp3) is 0.903. The molecule has 0 amide bonds. The standard InChI is InChI=1S/C72H131O24P/c1-4-7-10-13-16-19-22-25-27-29-32-35-37-40-43-46-56(74)88-50-53(91-58(76)48-45-42-39-36-33-30-28-26-23-20-17-14-11-8-5-2)51-90-97(86,87)96-70-68(94-71-66(84)61(79)59(77)54(49-73)92-71)64(82)63(81)65(83)69(70)95-72-67(85)62(80)60(78)55(93-72)52-89-57(75)47-44-41-38-34-31-24-21-18-15-12-9-6-3/h19-20,22-23,53-55,59-73,77-85H,4-18,21,24-52H2,1-3H3,(H,86,87)/b22-19-,23-20-. The molecule has 25 heteroatoms. The van der Waals surface area contributed by atoms with E-state index in [1.807, 2.05) is 0 Å². The number of phosphoric ester groups is 1. The van der Waals surface area contributed by atoms with Crippen LogP contribution in [0.5, 0.6) is 0 Å². The van der Waals surface area contributed by atoms with E-state index in [-0.39, 0.29) is 19.3 Å². The molecule has 0 radical (unpaired) electrons. The molecule has 2 heterocycles. The molecule has 18 unspecified atom stereocenters. The zero-order valence-electron chi connectivity index (χ0n) is 59.1. The molecule has 3 aliphatic rings. The minimum atomic E-state index is -5.70. The summed E-state index contributed by atoms with van der Waals surface area (Å²) in [6.07, 6.45) is 13.9. The van der Waals surface area contributed by atoms with Crippen molar-refractivity contribution in [2.24, 2.45) is 0 Å². The van der Waals surface area contributed by atoms with Crippen LogP contribution in [0.2, 0.25) is 0 Å². The molecule has 18 atom stereocenters. The first-order valence-electron chi connectivity index (χ1n) is 37.6. The lowest BCUT2D eigenvalue weighted by Gasteiger charge is -2.49. The predicted molar refractivity (Wildman–Crippen MR) is 365 cm³/mol. The molecule has 11 N–H and O–H groups in total. The molecule has 0 aromatic heterocycles. The van der Waals surface area contributed by atoms with E-state index in [9.17, 15) is 74.9 Å². The van der Waals surface area contributed by atoms with E-state index in [0.29, 0.717) is 19.3 Å². The largest absolute Gasteiger partial charge is 0.472 e. The number of aliphatic hydroxyl groups is 10. The van der Waals surface area contributed by atoms with Crippen molar-refractivity contribution < 1.29 is 117 Å². The Morgan fingerprint density at radius 2 is 0.722 bits per heavy atom. The lowest BCUT2D eigenvalue weighted by atomic mass is 9.84. The summed E-state index contributed by atoms with van der Waals surface area (Å²) in [6.45, 7) is 3.41.